The largest absolute Gasteiger partial charge is 0.330 e. The van der Waals surface area contributed by atoms with Crippen LogP contribution in [0.1, 0.15) is 45.4 Å². The van der Waals surface area contributed by atoms with Gasteiger partial charge in [0.25, 0.3) is 0 Å². The van der Waals surface area contributed by atoms with Crippen molar-refractivity contribution in [2.24, 2.45) is 23.0 Å². The van der Waals surface area contributed by atoms with Gasteiger partial charge in [-0.3, -0.25) is 0 Å². The third-order valence-electron chi connectivity index (χ3n) is 4.56. The van der Waals surface area contributed by atoms with Gasteiger partial charge >= 0.3 is 0 Å². The molecule has 0 aromatic heterocycles. The van der Waals surface area contributed by atoms with Gasteiger partial charge in [-0.2, -0.15) is 0 Å². The SMILES string of the molecule is CC1CCCC1(CN)C1CCC1. The van der Waals surface area contributed by atoms with Crippen molar-refractivity contribution in [1.29, 1.82) is 0 Å². The van der Waals surface area contributed by atoms with Crippen molar-refractivity contribution in [3.8, 4) is 0 Å². The lowest BCUT2D eigenvalue weighted by Crippen LogP contribution is -2.43. The minimum Gasteiger partial charge on any atom is -0.330 e. The van der Waals surface area contributed by atoms with Gasteiger partial charge in [-0.05, 0) is 43.1 Å². The Morgan fingerprint density at radius 1 is 1.25 bits per heavy atom. The number of hydrogen-bond donors (Lipinski definition) is 1. The molecule has 0 aromatic carbocycles. The van der Waals surface area contributed by atoms with E-state index in [9.17, 15) is 0 Å². The molecule has 0 radical (unpaired) electrons. The summed E-state index contributed by atoms with van der Waals surface area (Å²) in [5.41, 5.74) is 6.54. The smallest absolute Gasteiger partial charge is 0.00153 e. The molecule has 70 valence electrons. The Balaban J connectivity index is 2.11. The molecule has 2 fully saturated rings. The summed E-state index contributed by atoms with van der Waals surface area (Å²) < 4.78 is 0. The molecular formula is C11H21N. The van der Waals surface area contributed by atoms with Gasteiger partial charge in [0.2, 0.25) is 0 Å². The molecule has 1 heteroatoms. The summed E-state index contributed by atoms with van der Waals surface area (Å²) in [6.45, 7) is 3.36. The van der Waals surface area contributed by atoms with Crippen LogP contribution in [-0.2, 0) is 0 Å². The highest BCUT2D eigenvalue weighted by Crippen LogP contribution is 2.54. The minimum absolute atomic E-state index is 0.568. The minimum atomic E-state index is 0.568. The van der Waals surface area contributed by atoms with Gasteiger partial charge in [0.1, 0.15) is 0 Å². The van der Waals surface area contributed by atoms with Crippen molar-refractivity contribution in [2.75, 3.05) is 6.54 Å². The standard InChI is InChI=1S/C11H21N/c1-9-4-3-7-11(9,8-12)10-5-2-6-10/h9-10H,2-8,12H2,1H3. The Kier molecular flexibility index (Phi) is 2.16. The highest BCUT2D eigenvalue weighted by Gasteiger charge is 2.46. The molecule has 2 saturated carbocycles. The Hall–Kier alpha value is -0.0400. The molecule has 0 aliphatic heterocycles. The molecule has 2 atom stereocenters. The summed E-state index contributed by atoms with van der Waals surface area (Å²) in [7, 11) is 0. The van der Waals surface area contributed by atoms with Gasteiger partial charge in [-0.25, -0.2) is 0 Å². The fourth-order valence-electron chi connectivity index (χ4n) is 3.33. The van der Waals surface area contributed by atoms with E-state index >= 15 is 0 Å². The zero-order chi connectivity index (χ0) is 8.60. The van der Waals surface area contributed by atoms with Gasteiger partial charge in [0.15, 0.2) is 0 Å². The van der Waals surface area contributed by atoms with Crippen LogP contribution >= 0.6 is 0 Å². The second-order valence-corrected chi connectivity index (χ2v) is 4.86. The second kappa shape index (κ2) is 3.02. The van der Waals surface area contributed by atoms with Crippen LogP contribution in [0.5, 0.6) is 0 Å². The van der Waals surface area contributed by atoms with Crippen LogP contribution in [0.25, 0.3) is 0 Å². The van der Waals surface area contributed by atoms with Crippen LogP contribution < -0.4 is 5.73 Å². The summed E-state index contributed by atoms with van der Waals surface area (Å²) in [4.78, 5) is 0. The predicted molar refractivity (Wildman–Crippen MR) is 51.8 cm³/mol. The Labute approximate surface area is 75.7 Å². The molecule has 2 rings (SSSR count). The first-order chi connectivity index (χ1) is 5.79. The van der Waals surface area contributed by atoms with Crippen molar-refractivity contribution in [1.82, 2.24) is 0 Å². The van der Waals surface area contributed by atoms with Crippen molar-refractivity contribution in [2.45, 2.75) is 45.4 Å². The lowest BCUT2D eigenvalue weighted by molar-refractivity contribution is 0.0567. The lowest BCUT2D eigenvalue weighted by Gasteiger charge is -2.45. The number of nitrogens with two attached hydrogens (primary N) is 1. The monoisotopic (exact) mass is 167 g/mol. The van der Waals surface area contributed by atoms with Gasteiger partial charge < -0.3 is 5.73 Å². The number of hydrogen-bond acceptors (Lipinski definition) is 1. The molecule has 2 unspecified atom stereocenters. The van der Waals surface area contributed by atoms with Crippen molar-refractivity contribution < 1.29 is 0 Å². The van der Waals surface area contributed by atoms with Crippen LogP contribution in [0, 0.1) is 17.3 Å². The van der Waals surface area contributed by atoms with E-state index in [2.05, 4.69) is 6.92 Å². The predicted octanol–water partition coefficient (Wildman–Crippen LogP) is 2.55. The van der Waals surface area contributed by atoms with Crippen LogP contribution in [0.2, 0.25) is 0 Å². The third kappa shape index (κ3) is 1.02. The molecule has 2 N–H and O–H groups in total. The quantitative estimate of drug-likeness (QED) is 0.672. The fourth-order valence-corrected chi connectivity index (χ4v) is 3.33. The highest BCUT2D eigenvalue weighted by atomic mass is 14.7. The van der Waals surface area contributed by atoms with Crippen LogP contribution in [0.3, 0.4) is 0 Å². The molecule has 1 nitrogen and oxygen atoms in total. The Morgan fingerprint density at radius 2 is 2.00 bits per heavy atom. The van der Waals surface area contributed by atoms with E-state index < -0.39 is 0 Å². The second-order valence-electron chi connectivity index (χ2n) is 4.86. The number of rotatable bonds is 2. The summed E-state index contributed by atoms with van der Waals surface area (Å²) in [6, 6.07) is 0. The molecule has 0 heterocycles. The first kappa shape index (κ1) is 8.55. The van der Waals surface area contributed by atoms with Gasteiger partial charge in [-0.1, -0.05) is 26.2 Å². The summed E-state index contributed by atoms with van der Waals surface area (Å²) in [6.07, 6.45) is 8.64. The molecule has 0 saturated heterocycles. The van der Waals surface area contributed by atoms with Crippen molar-refractivity contribution in [3.63, 3.8) is 0 Å². The van der Waals surface area contributed by atoms with E-state index in [-0.39, 0.29) is 0 Å². The highest BCUT2D eigenvalue weighted by molar-refractivity contribution is 4.98. The Bertz CT molecular complexity index is 162. The molecule has 0 amide bonds. The summed E-state index contributed by atoms with van der Waals surface area (Å²) in [5.74, 6) is 1.88. The van der Waals surface area contributed by atoms with E-state index in [4.69, 9.17) is 5.73 Å². The average Bonchev–Trinajstić information content (AvgIpc) is 2.30. The first-order valence-electron chi connectivity index (χ1n) is 5.49. The normalized spacial score (nSPS) is 43.0. The van der Waals surface area contributed by atoms with Crippen molar-refractivity contribution >= 4 is 0 Å². The fraction of sp³-hybridized carbons (Fsp3) is 1.00. The van der Waals surface area contributed by atoms with E-state index in [1.54, 1.807) is 0 Å². The van der Waals surface area contributed by atoms with E-state index in [1.807, 2.05) is 0 Å². The van der Waals surface area contributed by atoms with Crippen LogP contribution in [0.15, 0.2) is 0 Å². The molecular weight excluding hydrogens is 146 g/mol. The lowest BCUT2D eigenvalue weighted by atomic mass is 9.61. The molecule has 12 heavy (non-hydrogen) atoms. The summed E-state index contributed by atoms with van der Waals surface area (Å²) in [5, 5.41) is 0. The van der Waals surface area contributed by atoms with Gasteiger partial charge in [0, 0.05) is 0 Å². The topological polar surface area (TPSA) is 26.0 Å². The molecule has 0 spiro atoms. The molecule has 0 aromatic rings. The van der Waals surface area contributed by atoms with E-state index in [0.29, 0.717) is 5.41 Å². The molecule has 2 aliphatic rings. The van der Waals surface area contributed by atoms with Crippen molar-refractivity contribution in [3.05, 3.63) is 0 Å². The van der Waals surface area contributed by atoms with Crippen LogP contribution in [-0.4, -0.2) is 6.54 Å². The molecule has 2 aliphatic carbocycles. The maximum absolute atomic E-state index is 5.97. The maximum Gasteiger partial charge on any atom is -0.00153 e. The third-order valence-corrected chi connectivity index (χ3v) is 4.56. The zero-order valence-electron chi connectivity index (χ0n) is 8.18. The zero-order valence-corrected chi connectivity index (χ0v) is 8.18. The van der Waals surface area contributed by atoms with Gasteiger partial charge in [-0.15, -0.1) is 0 Å². The Morgan fingerprint density at radius 3 is 2.33 bits per heavy atom. The average molecular weight is 167 g/mol. The van der Waals surface area contributed by atoms with Gasteiger partial charge in [0.05, 0.1) is 0 Å². The van der Waals surface area contributed by atoms with E-state index in [0.717, 1.165) is 18.4 Å². The molecule has 0 bridgehead atoms. The van der Waals surface area contributed by atoms with E-state index in [1.165, 1.54) is 38.5 Å². The maximum atomic E-state index is 5.97. The first-order valence-corrected chi connectivity index (χ1v) is 5.49. The van der Waals surface area contributed by atoms with Crippen LogP contribution in [0.4, 0.5) is 0 Å². The summed E-state index contributed by atoms with van der Waals surface area (Å²) >= 11 is 0.